The van der Waals surface area contributed by atoms with E-state index in [0.717, 1.165) is 0 Å². The Morgan fingerprint density at radius 2 is 2.02 bits per heavy atom. The lowest BCUT2D eigenvalue weighted by atomic mass is 9.95. The first-order valence-electron chi connectivity index (χ1n) is 12.9. The predicted octanol–water partition coefficient (Wildman–Crippen LogP) is 4.14. The van der Waals surface area contributed by atoms with E-state index in [1.165, 1.54) is 19.4 Å². The minimum absolute atomic E-state index is 0.117. The molecule has 3 aromatic rings. The average Bonchev–Trinajstić information content (AvgIpc) is 3.44. The van der Waals surface area contributed by atoms with Crippen LogP contribution >= 0.6 is 15.9 Å². The largest absolute Gasteiger partial charge is 0.490 e. The molecule has 2 atom stereocenters. The standard InChI is InChI=1S/C28H28BrN5O9/c1-4-41-23-11-16(26-25(27(36)40-3)15(2)31-28(37)32-26)5-9-22(23)42-14-24(35)33-30-13-18-7-10-21(43-18)19-8-6-17(29)12-20(19)34(38)39/h5-13,24,26,33,35H,4,14H2,1-3H3,(H2,31,32,37)/b30-13+/t24-,26+/m1/s1. The summed E-state index contributed by atoms with van der Waals surface area (Å²) in [5.74, 6) is 0.620. The number of nitrogens with zero attached hydrogens (tertiary/aromatic N) is 2. The van der Waals surface area contributed by atoms with Crippen LogP contribution in [0.4, 0.5) is 10.5 Å². The lowest BCUT2D eigenvalue weighted by Gasteiger charge is -2.28. The number of halogens is 1. The molecule has 0 fully saturated rings. The lowest BCUT2D eigenvalue weighted by Crippen LogP contribution is -2.45. The molecule has 0 unspecified atom stereocenters. The number of carbonyl (C=O) groups excluding carboxylic acids is 2. The van der Waals surface area contributed by atoms with Crippen LogP contribution in [-0.4, -0.2) is 54.8 Å². The lowest BCUT2D eigenvalue weighted by molar-refractivity contribution is -0.384. The molecule has 4 N–H and O–H groups in total. The van der Waals surface area contributed by atoms with Crippen molar-refractivity contribution < 1.29 is 38.2 Å². The van der Waals surface area contributed by atoms with E-state index in [4.69, 9.17) is 18.6 Å². The zero-order valence-electron chi connectivity index (χ0n) is 23.3. The van der Waals surface area contributed by atoms with Crippen LogP contribution in [0.15, 0.2) is 73.8 Å². The first-order chi connectivity index (χ1) is 20.6. The zero-order chi connectivity index (χ0) is 31.1. The summed E-state index contributed by atoms with van der Waals surface area (Å²) in [7, 11) is 1.26. The topological polar surface area (TPSA) is 187 Å². The first kappa shape index (κ1) is 31.1. The number of hydrogen-bond acceptors (Lipinski definition) is 11. The summed E-state index contributed by atoms with van der Waals surface area (Å²) in [6, 6.07) is 11.4. The Morgan fingerprint density at radius 3 is 2.74 bits per heavy atom. The van der Waals surface area contributed by atoms with Gasteiger partial charge in [0.05, 0.1) is 42.0 Å². The fraction of sp³-hybridized carbons (Fsp3) is 0.250. The summed E-state index contributed by atoms with van der Waals surface area (Å²) >= 11 is 3.22. The molecule has 14 nitrogen and oxygen atoms in total. The highest BCUT2D eigenvalue weighted by Gasteiger charge is 2.32. The molecular weight excluding hydrogens is 630 g/mol. The third kappa shape index (κ3) is 7.50. The van der Waals surface area contributed by atoms with E-state index in [2.05, 4.69) is 37.1 Å². The average molecular weight is 658 g/mol. The minimum atomic E-state index is -1.23. The van der Waals surface area contributed by atoms with Crippen molar-refractivity contribution in [3.63, 3.8) is 0 Å². The van der Waals surface area contributed by atoms with Crippen molar-refractivity contribution in [2.24, 2.45) is 5.10 Å². The molecule has 0 saturated carbocycles. The van der Waals surface area contributed by atoms with E-state index >= 15 is 0 Å². The smallest absolute Gasteiger partial charge is 0.337 e. The number of urea groups is 1. The number of aliphatic hydroxyl groups is 1. The molecule has 4 rings (SSSR count). The molecule has 2 amide bonds. The number of esters is 1. The number of methoxy groups -OCH3 is 1. The van der Waals surface area contributed by atoms with Gasteiger partial charge in [0.25, 0.3) is 5.69 Å². The summed E-state index contributed by atoms with van der Waals surface area (Å²) in [5, 5.41) is 31.0. The first-order valence-corrected chi connectivity index (χ1v) is 13.7. The third-order valence-corrected chi connectivity index (χ3v) is 6.63. The Balaban J connectivity index is 1.40. The quantitative estimate of drug-likeness (QED) is 0.0725. The van der Waals surface area contributed by atoms with Crippen LogP contribution in [0.5, 0.6) is 11.5 Å². The van der Waals surface area contributed by atoms with E-state index < -0.39 is 29.2 Å². The molecule has 0 radical (unpaired) electrons. The zero-order valence-corrected chi connectivity index (χ0v) is 24.8. The van der Waals surface area contributed by atoms with Gasteiger partial charge in [-0.05, 0) is 55.8 Å². The number of nitro benzene ring substituents is 1. The molecule has 226 valence electrons. The number of carbonyl (C=O) groups is 2. The van der Waals surface area contributed by atoms with Gasteiger partial charge in [-0.25, -0.2) is 9.59 Å². The van der Waals surface area contributed by atoms with Crippen molar-refractivity contribution in [2.45, 2.75) is 26.1 Å². The van der Waals surface area contributed by atoms with Gasteiger partial charge < -0.3 is 34.4 Å². The fourth-order valence-corrected chi connectivity index (χ4v) is 4.59. The highest BCUT2D eigenvalue weighted by molar-refractivity contribution is 9.10. The summed E-state index contributed by atoms with van der Waals surface area (Å²) in [6.07, 6.45) is 0.0760. The van der Waals surface area contributed by atoms with Crippen LogP contribution in [0.2, 0.25) is 0 Å². The second-order valence-corrected chi connectivity index (χ2v) is 9.95. The number of allylic oxidation sites excluding steroid dienone is 1. The van der Waals surface area contributed by atoms with E-state index in [-0.39, 0.29) is 23.6 Å². The van der Waals surface area contributed by atoms with Gasteiger partial charge in [0, 0.05) is 16.2 Å². The van der Waals surface area contributed by atoms with Crippen molar-refractivity contribution in [2.75, 3.05) is 20.3 Å². The second-order valence-electron chi connectivity index (χ2n) is 9.04. The SMILES string of the molecule is CCOc1cc([C@@H]2NC(=O)NC(C)=C2C(=O)OC)ccc1OC[C@@H](O)N/N=C/c1ccc(-c2ccc(Br)cc2[N+](=O)[O-])o1. The molecule has 0 spiro atoms. The van der Waals surface area contributed by atoms with Crippen molar-refractivity contribution in [3.05, 3.63) is 85.7 Å². The third-order valence-electron chi connectivity index (χ3n) is 6.14. The minimum Gasteiger partial charge on any atom is -0.490 e. The molecule has 1 aromatic heterocycles. The van der Waals surface area contributed by atoms with Crippen molar-refractivity contribution >= 4 is 39.8 Å². The van der Waals surface area contributed by atoms with Gasteiger partial charge >= 0.3 is 12.0 Å². The van der Waals surface area contributed by atoms with E-state index in [0.29, 0.717) is 45.2 Å². The maximum Gasteiger partial charge on any atom is 0.337 e. The number of rotatable bonds is 12. The van der Waals surface area contributed by atoms with Crippen molar-refractivity contribution in [3.8, 4) is 22.8 Å². The maximum atomic E-state index is 12.4. The summed E-state index contributed by atoms with van der Waals surface area (Å²) in [6.45, 7) is 3.47. The number of nitrogens with one attached hydrogen (secondary N) is 3. The van der Waals surface area contributed by atoms with Crippen molar-refractivity contribution in [1.29, 1.82) is 0 Å². The summed E-state index contributed by atoms with van der Waals surface area (Å²) in [5.41, 5.74) is 3.87. The number of benzene rings is 2. The Hall–Kier alpha value is -4.89. The number of aliphatic hydroxyl groups excluding tert-OH is 1. The molecule has 2 heterocycles. The molecular formula is C28H28BrN5O9. The molecule has 15 heteroatoms. The van der Waals surface area contributed by atoms with E-state index in [1.807, 2.05) is 0 Å². The number of furan rings is 1. The Bertz CT molecular complexity index is 1590. The maximum absolute atomic E-state index is 12.4. The van der Waals surface area contributed by atoms with Gasteiger partial charge in [-0.2, -0.15) is 5.10 Å². The Morgan fingerprint density at radius 1 is 1.23 bits per heavy atom. The Labute approximate surface area is 254 Å². The van der Waals surface area contributed by atoms with Gasteiger partial charge in [-0.15, -0.1) is 0 Å². The predicted molar refractivity (Wildman–Crippen MR) is 157 cm³/mol. The van der Waals surface area contributed by atoms with Gasteiger partial charge in [0.15, 0.2) is 17.7 Å². The molecule has 43 heavy (non-hydrogen) atoms. The number of ether oxygens (including phenoxy) is 3. The van der Waals surface area contributed by atoms with Crippen LogP contribution in [0.3, 0.4) is 0 Å². The number of amides is 2. The molecule has 1 aliphatic heterocycles. The molecule has 0 bridgehead atoms. The monoisotopic (exact) mass is 657 g/mol. The van der Waals surface area contributed by atoms with E-state index in [9.17, 15) is 24.8 Å². The van der Waals surface area contributed by atoms with Crippen LogP contribution in [0, 0.1) is 10.1 Å². The highest BCUT2D eigenvalue weighted by atomic mass is 79.9. The van der Waals surface area contributed by atoms with E-state index in [1.54, 1.807) is 56.3 Å². The molecule has 0 aliphatic carbocycles. The highest BCUT2D eigenvalue weighted by Crippen LogP contribution is 2.35. The van der Waals surface area contributed by atoms with Crippen LogP contribution in [0.1, 0.15) is 31.2 Å². The fourth-order valence-electron chi connectivity index (χ4n) is 4.24. The number of hydrazone groups is 1. The second kappa shape index (κ2) is 13.8. The normalized spacial score (nSPS) is 15.5. The van der Waals surface area contributed by atoms with Crippen molar-refractivity contribution in [1.82, 2.24) is 16.1 Å². The molecule has 2 aromatic carbocycles. The number of hydrogen-bond donors (Lipinski definition) is 4. The number of nitro groups is 1. The van der Waals surface area contributed by atoms with Gasteiger partial charge in [0.2, 0.25) is 0 Å². The molecule has 1 aliphatic rings. The summed E-state index contributed by atoms with van der Waals surface area (Å²) < 4.78 is 22.6. The summed E-state index contributed by atoms with van der Waals surface area (Å²) in [4.78, 5) is 35.4. The van der Waals surface area contributed by atoms with Gasteiger partial charge in [-0.3, -0.25) is 15.5 Å². The molecule has 0 saturated heterocycles. The Kier molecular flexibility index (Phi) is 10.0. The van der Waals surface area contributed by atoms with Crippen LogP contribution in [-0.2, 0) is 9.53 Å². The van der Waals surface area contributed by atoms with Gasteiger partial charge in [0.1, 0.15) is 18.1 Å². The van der Waals surface area contributed by atoms with Gasteiger partial charge in [-0.1, -0.05) is 22.0 Å². The van der Waals surface area contributed by atoms with Crippen LogP contribution in [0.25, 0.3) is 11.3 Å². The van der Waals surface area contributed by atoms with Crippen LogP contribution < -0.4 is 25.5 Å².